The lowest BCUT2D eigenvalue weighted by Crippen LogP contribution is -2.44. The molecule has 0 aromatic heterocycles. The molecule has 9 heteroatoms. The number of nitrogens with two attached hydrogens (primary N) is 1. The van der Waals surface area contributed by atoms with Crippen LogP contribution < -0.4 is 5.84 Å². The van der Waals surface area contributed by atoms with E-state index in [1.54, 1.807) is 18.2 Å². The van der Waals surface area contributed by atoms with E-state index in [1.807, 2.05) is 0 Å². The van der Waals surface area contributed by atoms with E-state index in [1.165, 1.54) is 36.4 Å². The summed E-state index contributed by atoms with van der Waals surface area (Å²) in [6.45, 7) is -0.203. The number of carboxylic acids is 1. The summed E-state index contributed by atoms with van der Waals surface area (Å²) in [6, 6.07) is 12.0. The molecule has 2 aromatic rings. The van der Waals surface area contributed by atoms with Gasteiger partial charge in [0.1, 0.15) is 6.61 Å². The van der Waals surface area contributed by atoms with Gasteiger partial charge in [-0.1, -0.05) is 30.3 Å². The molecule has 0 bridgehead atoms. The van der Waals surface area contributed by atoms with Crippen molar-refractivity contribution in [2.75, 3.05) is 0 Å². The smallest absolute Gasteiger partial charge is 0.425 e. The molecule has 3 N–H and O–H groups in total. The van der Waals surface area contributed by atoms with E-state index >= 15 is 0 Å². The normalized spacial score (nSPS) is 11.4. The average Bonchev–Trinajstić information content (AvgIpc) is 2.60. The third kappa shape index (κ3) is 4.52. The van der Waals surface area contributed by atoms with Crippen LogP contribution in [0.15, 0.2) is 54.6 Å². The number of non-ortho nitro benzene ring substituents is 1. The van der Waals surface area contributed by atoms with E-state index in [-0.39, 0.29) is 12.3 Å². The quantitative estimate of drug-likeness (QED) is 0.354. The summed E-state index contributed by atoms with van der Waals surface area (Å²) in [4.78, 5) is 33.5. The zero-order chi connectivity index (χ0) is 18.4. The molecule has 0 fully saturated rings. The van der Waals surface area contributed by atoms with Crippen molar-refractivity contribution in [1.82, 2.24) is 5.01 Å². The molecule has 0 heterocycles. The van der Waals surface area contributed by atoms with Gasteiger partial charge in [0.25, 0.3) is 5.69 Å². The Morgan fingerprint density at radius 1 is 1.16 bits per heavy atom. The van der Waals surface area contributed by atoms with Crippen molar-refractivity contribution < 1.29 is 24.4 Å². The number of carboxylic acid groups (broad SMARTS) is 1. The number of benzene rings is 2. The van der Waals surface area contributed by atoms with Gasteiger partial charge in [-0.25, -0.2) is 20.4 Å². The molecule has 0 unspecified atom stereocenters. The van der Waals surface area contributed by atoms with Crippen molar-refractivity contribution in [3.63, 3.8) is 0 Å². The lowest BCUT2D eigenvalue weighted by molar-refractivity contribution is -0.384. The van der Waals surface area contributed by atoms with Crippen LogP contribution in [0.2, 0.25) is 0 Å². The predicted octanol–water partition coefficient (Wildman–Crippen LogP) is 2.23. The van der Waals surface area contributed by atoms with Crippen LogP contribution in [-0.4, -0.2) is 27.1 Å². The van der Waals surface area contributed by atoms with Gasteiger partial charge in [-0.2, -0.15) is 0 Å². The molecule has 0 aliphatic heterocycles. The SMILES string of the molecule is NN(C(=O)OCc1ccc([N+](=O)[O-])cc1)[C@@H](C(=O)O)c1ccccc1. The second-order valence-electron chi connectivity index (χ2n) is 5.04. The molecule has 25 heavy (non-hydrogen) atoms. The Balaban J connectivity index is 2.03. The van der Waals surface area contributed by atoms with Crippen LogP contribution in [0.1, 0.15) is 17.2 Å². The third-order valence-electron chi connectivity index (χ3n) is 3.35. The molecule has 1 amide bonds. The Kier molecular flexibility index (Phi) is 5.64. The number of rotatable bonds is 6. The minimum absolute atomic E-state index is 0.0921. The van der Waals surface area contributed by atoms with Crippen molar-refractivity contribution >= 4 is 17.7 Å². The summed E-state index contributed by atoms with van der Waals surface area (Å²) in [5.74, 6) is 4.31. The van der Waals surface area contributed by atoms with Gasteiger partial charge in [-0.15, -0.1) is 0 Å². The first-order valence-corrected chi connectivity index (χ1v) is 7.12. The lowest BCUT2D eigenvalue weighted by atomic mass is 10.1. The fraction of sp³-hybridized carbons (Fsp3) is 0.125. The van der Waals surface area contributed by atoms with E-state index < -0.39 is 23.0 Å². The highest BCUT2D eigenvalue weighted by Crippen LogP contribution is 2.19. The number of hydrogen-bond acceptors (Lipinski definition) is 6. The maximum atomic E-state index is 12.0. The van der Waals surface area contributed by atoms with Crippen molar-refractivity contribution in [2.45, 2.75) is 12.6 Å². The Morgan fingerprint density at radius 3 is 2.28 bits per heavy atom. The lowest BCUT2D eigenvalue weighted by Gasteiger charge is -2.23. The molecule has 130 valence electrons. The van der Waals surface area contributed by atoms with Crippen molar-refractivity contribution in [3.05, 3.63) is 75.8 Å². The third-order valence-corrected chi connectivity index (χ3v) is 3.35. The summed E-state index contributed by atoms with van der Waals surface area (Å²) in [6.07, 6.45) is -1.03. The van der Waals surface area contributed by atoms with Crippen LogP contribution in [0.25, 0.3) is 0 Å². The van der Waals surface area contributed by atoms with Crippen LogP contribution in [0, 0.1) is 10.1 Å². The van der Waals surface area contributed by atoms with E-state index in [4.69, 9.17) is 10.6 Å². The number of hydrazine groups is 1. The van der Waals surface area contributed by atoms with Crippen LogP contribution in [0.3, 0.4) is 0 Å². The maximum absolute atomic E-state index is 12.0. The standard InChI is InChI=1S/C16H15N3O6/c17-18(14(15(20)21)12-4-2-1-3-5-12)16(22)25-10-11-6-8-13(9-7-11)19(23)24/h1-9,14H,10,17H2,(H,20,21)/t14-/m1/s1. The number of nitrogens with zero attached hydrogens (tertiary/aromatic N) is 2. The summed E-state index contributed by atoms with van der Waals surface area (Å²) in [7, 11) is 0. The first kappa shape index (κ1) is 17.9. The molecule has 0 aliphatic carbocycles. The molecule has 0 radical (unpaired) electrons. The van der Waals surface area contributed by atoms with Gasteiger partial charge in [0, 0.05) is 12.1 Å². The number of aliphatic carboxylic acids is 1. The number of nitro benzene ring substituents is 1. The highest BCUT2D eigenvalue weighted by Gasteiger charge is 2.30. The van der Waals surface area contributed by atoms with Gasteiger partial charge in [0.05, 0.1) is 4.92 Å². The first-order valence-electron chi connectivity index (χ1n) is 7.12. The summed E-state index contributed by atoms with van der Waals surface area (Å²) < 4.78 is 4.97. The van der Waals surface area contributed by atoms with Crippen LogP contribution >= 0.6 is 0 Å². The van der Waals surface area contributed by atoms with Gasteiger partial charge < -0.3 is 9.84 Å². The average molecular weight is 345 g/mol. The number of hydrogen-bond donors (Lipinski definition) is 2. The Labute approximate surface area is 142 Å². The Morgan fingerprint density at radius 2 is 1.76 bits per heavy atom. The molecular formula is C16H15N3O6. The number of carbonyl (C=O) groups excluding carboxylic acids is 1. The molecule has 9 nitrogen and oxygen atoms in total. The molecule has 2 aromatic carbocycles. The molecule has 0 spiro atoms. The zero-order valence-corrected chi connectivity index (χ0v) is 12.9. The molecule has 0 aliphatic rings. The van der Waals surface area contributed by atoms with E-state index in [0.717, 1.165) is 0 Å². The van der Waals surface area contributed by atoms with Gasteiger partial charge >= 0.3 is 12.1 Å². The van der Waals surface area contributed by atoms with Gasteiger partial charge in [-0.3, -0.25) is 10.1 Å². The highest BCUT2D eigenvalue weighted by molar-refractivity contribution is 5.81. The fourth-order valence-corrected chi connectivity index (χ4v) is 2.10. The first-order chi connectivity index (χ1) is 11.9. The zero-order valence-electron chi connectivity index (χ0n) is 12.9. The van der Waals surface area contributed by atoms with Gasteiger partial charge in [-0.05, 0) is 23.3 Å². The fourth-order valence-electron chi connectivity index (χ4n) is 2.10. The van der Waals surface area contributed by atoms with Crippen LogP contribution in [-0.2, 0) is 16.1 Å². The van der Waals surface area contributed by atoms with E-state index in [2.05, 4.69) is 0 Å². The van der Waals surface area contributed by atoms with Crippen molar-refractivity contribution in [3.8, 4) is 0 Å². The number of amides is 1. The topological polar surface area (TPSA) is 136 Å². The van der Waals surface area contributed by atoms with Crippen molar-refractivity contribution in [1.29, 1.82) is 0 Å². The number of ether oxygens (including phenoxy) is 1. The number of carbonyl (C=O) groups is 2. The largest absolute Gasteiger partial charge is 0.479 e. The van der Waals surface area contributed by atoms with E-state index in [9.17, 15) is 24.8 Å². The second-order valence-corrected chi connectivity index (χ2v) is 5.04. The minimum Gasteiger partial charge on any atom is -0.479 e. The maximum Gasteiger partial charge on any atom is 0.425 e. The number of nitro groups is 1. The highest BCUT2D eigenvalue weighted by atomic mass is 16.6. The van der Waals surface area contributed by atoms with Gasteiger partial charge in [0.15, 0.2) is 6.04 Å². The Bertz CT molecular complexity index is 763. The van der Waals surface area contributed by atoms with Gasteiger partial charge in [0.2, 0.25) is 0 Å². The monoisotopic (exact) mass is 345 g/mol. The minimum atomic E-state index is -1.40. The molecular weight excluding hydrogens is 330 g/mol. The van der Waals surface area contributed by atoms with Crippen LogP contribution in [0.5, 0.6) is 0 Å². The molecule has 2 rings (SSSR count). The summed E-state index contributed by atoms with van der Waals surface area (Å²) in [5, 5.41) is 20.4. The molecule has 1 atom stereocenters. The predicted molar refractivity (Wildman–Crippen MR) is 86.1 cm³/mol. The van der Waals surface area contributed by atoms with Crippen molar-refractivity contribution in [2.24, 2.45) is 5.84 Å². The Hall–Kier alpha value is -3.46. The summed E-state index contributed by atoms with van der Waals surface area (Å²) >= 11 is 0. The summed E-state index contributed by atoms with van der Waals surface area (Å²) in [5.41, 5.74) is 0.731. The molecule has 0 saturated carbocycles. The van der Waals surface area contributed by atoms with E-state index in [0.29, 0.717) is 16.1 Å². The molecule has 0 saturated heterocycles. The second kappa shape index (κ2) is 7.88. The van der Waals surface area contributed by atoms with Crippen LogP contribution in [0.4, 0.5) is 10.5 Å².